The van der Waals surface area contributed by atoms with E-state index in [1.807, 2.05) is 17.5 Å². The van der Waals surface area contributed by atoms with E-state index < -0.39 is 5.97 Å². The Labute approximate surface area is 115 Å². The minimum absolute atomic E-state index is 0.0230. The molecule has 0 saturated heterocycles. The fourth-order valence-corrected chi connectivity index (χ4v) is 2.73. The van der Waals surface area contributed by atoms with Gasteiger partial charge in [-0.05, 0) is 17.4 Å². The summed E-state index contributed by atoms with van der Waals surface area (Å²) in [4.78, 5) is 20.2. The Morgan fingerprint density at radius 3 is 2.68 bits per heavy atom. The van der Waals surface area contributed by atoms with Crippen LogP contribution in [0.4, 0.5) is 5.82 Å². The third-order valence-corrected chi connectivity index (χ3v) is 3.66. The van der Waals surface area contributed by atoms with Gasteiger partial charge in [-0.1, -0.05) is 19.9 Å². The molecule has 0 amide bonds. The second-order valence-electron chi connectivity index (χ2n) is 4.44. The zero-order valence-electron chi connectivity index (χ0n) is 10.7. The van der Waals surface area contributed by atoms with Crippen LogP contribution in [0.15, 0.2) is 29.9 Å². The van der Waals surface area contributed by atoms with Gasteiger partial charge in [0.15, 0.2) is 11.5 Å². The number of nitrogens with zero attached hydrogens (tertiary/aromatic N) is 2. The van der Waals surface area contributed by atoms with Crippen LogP contribution in [0.2, 0.25) is 0 Å². The lowest BCUT2D eigenvalue weighted by molar-refractivity contribution is 0.0691. The lowest BCUT2D eigenvalue weighted by atomic mass is 10.0. The molecule has 2 N–H and O–H groups in total. The number of nitrogens with one attached hydrogen (secondary N) is 1. The van der Waals surface area contributed by atoms with E-state index >= 15 is 0 Å². The van der Waals surface area contributed by atoms with Crippen molar-refractivity contribution >= 4 is 23.1 Å². The molecule has 2 rings (SSSR count). The van der Waals surface area contributed by atoms with Crippen molar-refractivity contribution in [2.24, 2.45) is 5.92 Å². The summed E-state index contributed by atoms with van der Waals surface area (Å²) in [6.45, 7) is 4.16. The molecule has 1 unspecified atom stereocenters. The first-order valence-electron chi connectivity index (χ1n) is 5.94. The van der Waals surface area contributed by atoms with Crippen molar-refractivity contribution in [2.45, 2.75) is 19.9 Å². The summed E-state index contributed by atoms with van der Waals surface area (Å²) in [7, 11) is 0. The Bertz CT molecular complexity index is 555. The van der Waals surface area contributed by atoms with Crippen LogP contribution in [0.25, 0.3) is 0 Å². The van der Waals surface area contributed by atoms with E-state index in [0.29, 0.717) is 11.7 Å². The van der Waals surface area contributed by atoms with E-state index in [0.717, 1.165) is 4.88 Å². The van der Waals surface area contributed by atoms with Crippen molar-refractivity contribution in [3.63, 3.8) is 0 Å². The molecule has 1 atom stereocenters. The monoisotopic (exact) mass is 277 g/mol. The SMILES string of the molecule is CC(C)C(Nc1nccnc1C(=O)O)c1cccs1. The number of aromatic nitrogens is 2. The normalized spacial score (nSPS) is 12.4. The first-order chi connectivity index (χ1) is 9.09. The molecule has 0 radical (unpaired) electrons. The number of aromatic carboxylic acids is 1. The lowest BCUT2D eigenvalue weighted by Crippen LogP contribution is -2.19. The highest BCUT2D eigenvalue weighted by atomic mass is 32.1. The fourth-order valence-electron chi connectivity index (χ4n) is 1.78. The number of hydrogen-bond donors (Lipinski definition) is 2. The van der Waals surface area contributed by atoms with Crippen LogP contribution in [0, 0.1) is 5.92 Å². The summed E-state index contributed by atoms with van der Waals surface area (Å²) < 4.78 is 0. The average molecular weight is 277 g/mol. The van der Waals surface area contributed by atoms with Crippen LogP contribution < -0.4 is 5.32 Å². The molecular weight excluding hydrogens is 262 g/mol. The van der Waals surface area contributed by atoms with Gasteiger partial charge in [0, 0.05) is 17.3 Å². The number of carboxylic acid groups (broad SMARTS) is 1. The molecule has 0 fully saturated rings. The Morgan fingerprint density at radius 2 is 2.11 bits per heavy atom. The number of carbonyl (C=O) groups is 1. The minimum Gasteiger partial charge on any atom is -0.476 e. The van der Waals surface area contributed by atoms with Gasteiger partial charge >= 0.3 is 5.97 Å². The van der Waals surface area contributed by atoms with Crippen molar-refractivity contribution in [3.8, 4) is 0 Å². The van der Waals surface area contributed by atoms with Crippen molar-refractivity contribution in [1.82, 2.24) is 9.97 Å². The Hall–Kier alpha value is -1.95. The van der Waals surface area contributed by atoms with Crippen LogP contribution in [0.5, 0.6) is 0 Å². The number of anilines is 1. The Kier molecular flexibility index (Phi) is 4.11. The molecule has 19 heavy (non-hydrogen) atoms. The van der Waals surface area contributed by atoms with E-state index in [1.54, 1.807) is 11.3 Å². The fraction of sp³-hybridized carbons (Fsp3) is 0.308. The maximum Gasteiger partial charge on any atom is 0.358 e. The van der Waals surface area contributed by atoms with Gasteiger partial charge < -0.3 is 10.4 Å². The van der Waals surface area contributed by atoms with Gasteiger partial charge in [0.25, 0.3) is 0 Å². The smallest absolute Gasteiger partial charge is 0.358 e. The number of carboxylic acids is 1. The van der Waals surface area contributed by atoms with E-state index in [-0.39, 0.29) is 11.7 Å². The second-order valence-corrected chi connectivity index (χ2v) is 5.42. The van der Waals surface area contributed by atoms with E-state index in [4.69, 9.17) is 5.11 Å². The molecule has 6 heteroatoms. The van der Waals surface area contributed by atoms with E-state index in [9.17, 15) is 4.79 Å². The number of rotatable bonds is 5. The summed E-state index contributed by atoms with van der Waals surface area (Å²) in [6.07, 6.45) is 2.87. The van der Waals surface area contributed by atoms with Gasteiger partial charge in [0.2, 0.25) is 0 Å². The maximum absolute atomic E-state index is 11.1. The molecule has 0 bridgehead atoms. The van der Waals surface area contributed by atoms with Crippen LogP contribution in [0.1, 0.15) is 35.3 Å². The van der Waals surface area contributed by atoms with Crippen LogP contribution in [0.3, 0.4) is 0 Å². The maximum atomic E-state index is 11.1. The first kappa shape index (κ1) is 13.5. The molecule has 5 nitrogen and oxygen atoms in total. The second kappa shape index (κ2) is 5.79. The number of hydrogen-bond acceptors (Lipinski definition) is 5. The molecule has 2 aromatic heterocycles. The molecule has 2 heterocycles. The lowest BCUT2D eigenvalue weighted by Gasteiger charge is -2.22. The Balaban J connectivity index is 2.30. The quantitative estimate of drug-likeness (QED) is 0.878. The predicted molar refractivity (Wildman–Crippen MR) is 74.5 cm³/mol. The molecule has 0 aliphatic carbocycles. The number of thiophene rings is 1. The highest BCUT2D eigenvalue weighted by Crippen LogP contribution is 2.29. The topological polar surface area (TPSA) is 75.1 Å². The highest BCUT2D eigenvalue weighted by Gasteiger charge is 2.21. The van der Waals surface area contributed by atoms with Crippen LogP contribution in [-0.4, -0.2) is 21.0 Å². The largest absolute Gasteiger partial charge is 0.476 e. The van der Waals surface area contributed by atoms with E-state index in [2.05, 4.69) is 29.1 Å². The zero-order chi connectivity index (χ0) is 13.8. The molecule has 0 spiro atoms. The molecule has 100 valence electrons. The molecule has 0 aliphatic heterocycles. The third-order valence-electron chi connectivity index (χ3n) is 2.71. The van der Waals surface area contributed by atoms with Gasteiger partial charge in [-0.25, -0.2) is 14.8 Å². The molecular formula is C13H15N3O2S. The van der Waals surface area contributed by atoms with Crippen LogP contribution in [-0.2, 0) is 0 Å². The average Bonchev–Trinajstić information content (AvgIpc) is 2.89. The van der Waals surface area contributed by atoms with Crippen molar-refractivity contribution in [3.05, 3.63) is 40.5 Å². The van der Waals surface area contributed by atoms with Crippen molar-refractivity contribution in [1.29, 1.82) is 0 Å². The molecule has 2 aromatic rings. The predicted octanol–water partition coefficient (Wildman–Crippen LogP) is 3.05. The first-order valence-corrected chi connectivity index (χ1v) is 6.81. The zero-order valence-corrected chi connectivity index (χ0v) is 11.5. The standard InChI is InChI=1S/C13H15N3O2S/c1-8(2)10(9-4-3-7-19-9)16-12-11(13(17)18)14-5-6-15-12/h3-8,10H,1-2H3,(H,15,16)(H,17,18). The van der Waals surface area contributed by atoms with Crippen LogP contribution >= 0.6 is 11.3 Å². The molecule has 0 saturated carbocycles. The summed E-state index contributed by atoms with van der Waals surface area (Å²) in [5.41, 5.74) is -0.0512. The van der Waals surface area contributed by atoms with Crippen molar-refractivity contribution in [2.75, 3.05) is 5.32 Å². The Morgan fingerprint density at radius 1 is 1.37 bits per heavy atom. The third kappa shape index (κ3) is 3.08. The van der Waals surface area contributed by atoms with E-state index in [1.165, 1.54) is 12.4 Å². The van der Waals surface area contributed by atoms with Gasteiger partial charge in [-0.15, -0.1) is 11.3 Å². The van der Waals surface area contributed by atoms with Gasteiger partial charge in [0.05, 0.1) is 6.04 Å². The van der Waals surface area contributed by atoms with Gasteiger partial charge in [-0.3, -0.25) is 0 Å². The summed E-state index contributed by atoms with van der Waals surface area (Å²) in [6, 6.07) is 4.03. The summed E-state index contributed by atoms with van der Waals surface area (Å²) in [5.74, 6) is -0.464. The van der Waals surface area contributed by atoms with Crippen molar-refractivity contribution < 1.29 is 9.90 Å². The highest BCUT2D eigenvalue weighted by molar-refractivity contribution is 7.10. The van der Waals surface area contributed by atoms with Gasteiger partial charge in [-0.2, -0.15) is 0 Å². The minimum atomic E-state index is -1.08. The van der Waals surface area contributed by atoms with Gasteiger partial charge in [0.1, 0.15) is 0 Å². The summed E-state index contributed by atoms with van der Waals surface area (Å²) in [5, 5.41) is 14.3. The summed E-state index contributed by atoms with van der Waals surface area (Å²) >= 11 is 1.63. The molecule has 0 aromatic carbocycles. The molecule has 0 aliphatic rings.